The van der Waals surface area contributed by atoms with Gasteiger partial charge < -0.3 is 24.8 Å². The number of amides is 1. The Hall–Kier alpha value is -1.50. The van der Waals surface area contributed by atoms with Crippen molar-refractivity contribution in [3.8, 4) is 11.5 Å². The summed E-state index contributed by atoms with van der Waals surface area (Å²) in [6.45, 7) is 7.68. The monoisotopic (exact) mass is 358 g/mol. The van der Waals surface area contributed by atoms with E-state index in [1.807, 2.05) is 39.0 Å². The van der Waals surface area contributed by atoms with Crippen LogP contribution in [0.2, 0.25) is 0 Å². The van der Waals surface area contributed by atoms with Crippen LogP contribution in [-0.2, 0) is 9.53 Å². The molecule has 6 nitrogen and oxygen atoms in total. The van der Waals surface area contributed by atoms with Gasteiger partial charge in [0.1, 0.15) is 6.04 Å². The lowest BCUT2D eigenvalue weighted by molar-refractivity contribution is -0.129. The normalized spacial score (nSPS) is 21.3. The number of ether oxygens (including phenoxy) is 3. The van der Waals surface area contributed by atoms with Crippen LogP contribution in [0, 0.1) is 0 Å². The Balaban J connectivity index is 0.00000288. The van der Waals surface area contributed by atoms with Gasteiger partial charge in [-0.1, -0.05) is 6.07 Å². The van der Waals surface area contributed by atoms with Gasteiger partial charge >= 0.3 is 0 Å². The highest BCUT2D eigenvalue weighted by Crippen LogP contribution is 2.30. The molecule has 1 saturated heterocycles. The second-order valence-electron chi connectivity index (χ2n) is 5.58. The molecule has 0 saturated carbocycles. The van der Waals surface area contributed by atoms with Gasteiger partial charge in [-0.15, -0.1) is 12.4 Å². The van der Waals surface area contributed by atoms with Crippen LogP contribution in [0.1, 0.15) is 32.4 Å². The summed E-state index contributed by atoms with van der Waals surface area (Å²) in [5.41, 5.74) is 0.961. The van der Waals surface area contributed by atoms with Gasteiger partial charge in [0.05, 0.1) is 32.5 Å². The summed E-state index contributed by atoms with van der Waals surface area (Å²) in [5, 5.41) is 6.21. The van der Waals surface area contributed by atoms with E-state index in [4.69, 9.17) is 14.2 Å². The minimum Gasteiger partial charge on any atom is -0.493 e. The molecule has 1 unspecified atom stereocenters. The highest BCUT2D eigenvalue weighted by molar-refractivity contribution is 5.85. The molecule has 24 heavy (non-hydrogen) atoms. The Kier molecular flexibility index (Phi) is 8.31. The van der Waals surface area contributed by atoms with E-state index in [0.29, 0.717) is 31.3 Å². The zero-order chi connectivity index (χ0) is 16.8. The molecular formula is C17H27ClN2O4. The van der Waals surface area contributed by atoms with Gasteiger partial charge in [-0.2, -0.15) is 0 Å². The van der Waals surface area contributed by atoms with Crippen LogP contribution in [-0.4, -0.2) is 44.9 Å². The molecule has 1 amide bonds. The van der Waals surface area contributed by atoms with Crippen molar-refractivity contribution in [1.82, 2.24) is 10.6 Å². The van der Waals surface area contributed by atoms with Crippen molar-refractivity contribution in [1.29, 1.82) is 0 Å². The lowest BCUT2D eigenvalue weighted by Gasteiger charge is -2.30. The predicted molar refractivity (Wildman–Crippen MR) is 95.2 cm³/mol. The third-order valence-electron chi connectivity index (χ3n) is 3.95. The average molecular weight is 359 g/mol. The Morgan fingerprint density at radius 1 is 1.46 bits per heavy atom. The minimum absolute atomic E-state index is 0. The Labute approximate surface area is 149 Å². The molecule has 1 fully saturated rings. The van der Waals surface area contributed by atoms with Crippen molar-refractivity contribution >= 4 is 18.3 Å². The van der Waals surface area contributed by atoms with Crippen molar-refractivity contribution in [2.75, 3.05) is 26.9 Å². The van der Waals surface area contributed by atoms with Crippen molar-refractivity contribution in [3.05, 3.63) is 23.8 Å². The lowest BCUT2D eigenvalue weighted by Crippen LogP contribution is -2.55. The number of carbonyl (C=O) groups excluding carboxylic acids is 1. The fourth-order valence-corrected chi connectivity index (χ4v) is 2.64. The SMILES string of the molecule is CCOc1ccc(C(C)NC(=O)[C@H]2NCCO[C@@H]2C)cc1OC.Cl. The molecular weight excluding hydrogens is 332 g/mol. The summed E-state index contributed by atoms with van der Waals surface area (Å²) in [5.74, 6) is 1.31. The number of nitrogens with one attached hydrogen (secondary N) is 2. The van der Waals surface area contributed by atoms with Gasteiger partial charge in [0.25, 0.3) is 0 Å². The molecule has 1 aromatic carbocycles. The third kappa shape index (κ3) is 5.00. The summed E-state index contributed by atoms with van der Waals surface area (Å²) < 4.78 is 16.4. The fraction of sp³-hybridized carbons (Fsp3) is 0.588. The molecule has 0 bridgehead atoms. The molecule has 1 aromatic rings. The van der Waals surface area contributed by atoms with Gasteiger partial charge in [0.2, 0.25) is 5.91 Å². The zero-order valence-corrected chi connectivity index (χ0v) is 15.4. The van der Waals surface area contributed by atoms with E-state index < -0.39 is 0 Å². The molecule has 2 rings (SSSR count). The van der Waals surface area contributed by atoms with E-state index in [0.717, 1.165) is 5.56 Å². The van der Waals surface area contributed by atoms with Crippen molar-refractivity contribution in [2.24, 2.45) is 0 Å². The van der Waals surface area contributed by atoms with Crippen LogP contribution in [0.25, 0.3) is 0 Å². The second-order valence-corrected chi connectivity index (χ2v) is 5.58. The first kappa shape index (κ1) is 20.5. The highest BCUT2D eigenvalue weighted by Gasteiger charge is 2.29. The van der Waals surface area contributed by atoms with Crippen LogP contribution in [0.3, 0.4) is 0 Å². The first-order chi connectivity index (χ1) is 11.1. The summed E-state index contributed by atoms with van der Waals surface area (Å²) >= 11 is 0. The number of methoxy groups -OCH3 is 1. The Morgan fingerprint density at radius 2 is 2.21 bits per heavy atom. The van der Waals surface area contributed by atoms with E-state index in [1.54, 1.807) is 7.11 Å². The molecule has 1 aliphatic rings. The molecule has 1 heterocycles. The number of halogens is 1. The van der Waals surface area contributed by atoms with E-state index in [1.165, 1.54) is 0 Å². The molecule has 0 spiro atoms. The summed E-state index contributed by atoms with van der Waals surface area (Å²) in [6.07, 6.45) is -0.134. The van der Waals surface area contributed by atoms with Crippen LogP contribution in [0.5, 0.6) is 11.5 Å². The highest BCUT2D eigenvalue weighted by atomic mass is 35.5. The quantitative estimate of drug-likeness (QED) is 0.814. The molecule has 0 radical (unpaired) electrons. The van der Waals surface area contributed by atoms with Crippen molar-refractivity contribution < 1.29 is 19.0 Å². The molecule has 0 aliphatic carbocycles. The number of hydrogen-bond donors (Lipinski definition) is 2. The minimum atomic E-state index is -0.323. The molecule has 2 N–H and O–H groups in total. The second kappa shape index (κ2) is 9.71. The Bertz CT molecular complexity index is 541. The first-order valence-electron chi connectivity index (χ1n) is 8.03. The van der Waals surface area contributed by atoms with Gasteiger partial charge in [0.15, 0.2) is 11.5 Å². The van der Waals surface area contributed by atoms with Gasteiger partial charge in [-0.05, 0) is 38.5 Å². The van der Waals surface area contributed by atoms with Gasteiger partial charge in [-0.25, -0.2) is 0 Å². The molecule has 3 atom stereocenters. The van der Waals surface area contributed by atoms with E-state index in [2.05, 4.69) is 10.6 Å². The zero-order valence-electron chi connectivity index (χ0n) is 14.6. The van der Waals surface area contributed by atoms with Crippen LogP contribution < -0.4 is 20.1 Å². The predicted octanol–water partition coefficient (Wildman–Crippen LogP) is 2.07. The Morgan fingerprint density at radius 3 is 2.83 bits per heavy atom. The topological polar surface area (TPSA) is 68.8 Å². The molecule has 0 aromatic heterocycles. The number of benzene rings is 1. The largest absolute Gasteiger partial charge is 0.493 e. The number of rotatable bonds is 6. The summed E-state index contributed by atoms with van der Waals surface area (Å²) in [6, 6.07) is 5.24. The summed E-state index contributed by atoms with van der Waals surface area (Å²) in [7, 11) is 1.61. The lowest BCUT2D eigenvalue weighted by atomic mass is 10.1. The van der Waals surface area contributed by atoms with Crippen molar-refractivity contribution in [3.63, 3.8) is 0 Å². The maximum atomic E-state index is 12.4. The van der Waals surface area contributed by atoms with E-state index in [9.17, 15) is 4.79 Å². The molecule has 7 heteroatoms. The maximum absolute atomic E-state index is 12.4. The van der Waals surface area contributed by atoms with Crippen LogP contribution >= 0.6 is 12.4 Å². The van der Waals surface area contributed by atoms with Gasteiger partial charge in [0, 0.05) is 6.54 Å². The fourth-order valence-electron chi connectivity index (χ4n) is 2.64. The maximum Gasteiger partial charge on any atom is 0.240 e. The number of morpholine rings is 1. The summed E-state index contributed by atoms with van der Waals surface area (Å²) in [4.78, 5) is 12.4. The van der Waals surface area contributed by atoms with Crippen LogP contribution in [0.4, 0.5) is 0 Å². The smallest absolute Gasteiger partial charge is 0.240 e. The van der Waals surface area contributed by atoms with Crippen molar-refractivity contribution in [2.45, 2.75) is 39.0 Å². The van der Waals surface area contributed by atoms with E-state index in [-0.39, 0.29) is 36.5 Å². The molecule has 1 aliphatic heterocycles. The molecule has 136 valence electrons. The number of carbonyl (C=O) groups is 1. The standard InChI is InChI=1S/C17H26N2O4.ClH/c1-5-22-14-7-6-13(10-15(14)21-4)11(2)19-17(20)16-12(3)23-9-8-18-16;/h6-7,10-12,16,18H,5,8-9H2,1-4H3,(H,19,20);1H/t11?,12-,16+;/m1./s1. The average Bonchev–Trinajstić information content (AvgIpc) is 2.55. The third-order valence-corrected chi connectivity index (χ3v) is 3.95. The van der Waals surface area contributed by atoms with Crippen LogP contribution in [0.15, 0.2) is 18.2 Å². The number of hydrogen-bond acceptors (Lipinski definition) is 5. The van der Waals surface area contributed by atoms with E-state index >= 15 is 0 Å². The van der Waals surface area contributed by atoms with Gasteiger partial charge in [-0.3, -0.25) is 4.79 Å². The first-order valence-corrected chi connectivity index (χ1v) is 8.03.